The van der Waals surface area contributed by atoms with Gasteiger partial charge in [0.25, 0.3) is 0 Å². The van der Waals surface area contributed by atoms with E-state index in [1.807, 2.05) is 17.0 Å². The average Bonchev–Trinajstić information content (AvgIpc) is 2.43. The van der Waals surface area contributed by atoms with Crippen molar-refractivity contribution in [3.8, 4) is 0 Å². The van der Waals surface area contributed by atoms with Gasteiger partial charge in [-0.1, -0.05) is 38.1 Å². The number of nitrogens with one attached hydrogen (secondary N) is 1. The van der Waals surface area contributed by atoms with Gasteiger partial charge in [-0.05, 0) is 36.9 Å². The molecule has 1 saturated heterocycles. The molecule has 2 atom stereocenters. The van der Waals surface area contributed by atoms with Gasteiger partial charge in [0.2, 0.25) is 5.91 Å². The van der Waals surface area contributed by atoms with E-state index in [-0.39, 0.29) is 5.91 Å². The van der Waals surface area contributed by atoms with Crippen LogP contribution in [0.4, 0.5) is 0 Å². The van der Waals surface area contributed by atoms with Crippen molar-refractivity contribution in [3.63, 3.8) is 0 Å². The van der Waals surface area contributed by atoms with Crippen LogP contribution in [0.15, 0.2) is 24.3 Å². The first-order valence-electron chi connectivity index (χ1n) is 7.67. The van der Waals surface area contributed by atoms with Gasteiger partial charge >= 0.3 is 0 Å². The Morgan fingerprint density at radius 2 is 2.15 bits per heavy atom. The van der Waals surface area contributed by atoms with E-state index in [9.17, 15) is 4.79 Å². The Morgan fingerprint density at radius 1 is 1.40 bits per heavy atom. The number of amides is 1. The van der Waals surface area contributed by atoms with E-state index in [1.165, 1.54) is 5.56 Å². The largest absolute Gasteiger partial charge is 0.342 e. The molecule has 0 bridgehead atoms. The zero-order chi connectivity index (χ0) is 14.5. The van der Waals surface area contributed by atoms with Crippen LogP contribution in [0.3, 0.4) is 0 Å². The van der Waals surface area contributed by atoms with Gasteiger partial charge in [-0.2, -0.15) is 0 Å². The van der Waals surface area contributed by atoms with Crippen molar-refractivity contribution in [2.75, 3.05) is 19.6 Å². The predicted octanol–water partition coefficient (Wildman–Crippen LogP) is 2.38. The second-order valence-corrected chi connectivity index (χ2v) is 5.87. The second kappa shape index (κ2) is 6.89. The lowest BCUT2D eigenvalue weighted by atomic mass is 9.93. The summed E-state index contributed by atoms with van der Waals surface area (Å²) in [5.74, 6) is 0.797. The lowest BCUT2D eigenvalue weighted by Crippen LogP contribution is -2.50. The molecule has 0 radical (unpaired) electrons. The molecule has 1 amide bonds. The molecular weight excluding hydrogens is 248 g/mol. The quantitative estimate of drug-likeness (QED) is 0.914. The Hall–Kier alpha value is -1.35. The van der Waals surface area contributed by atoms with Crippen LogP contribution in [0.2, 0.25) is 0 Å². The smallest absolute Gasteiger partial charge is 0.227 e. The van der Waals surface area contributed by atoms with Crippen LogP contribution in [0.5, 0.6) is 0 Å². The Labute approximate surface area is 122 Å². The zero-order valence-electron chi connectivity index (χ0n) is 12.9. The molecule has 1 heterocycles. The third-order valence-corrected chi connectivity index (χ3v) is 4.33. The van der Waals surface area contributed by atoms with Crippen molar-refractivity contribution in [2.24, 2.45) is 5.92 Å². The summed E-state index contributed by atoms with van der Waals surface area (Å²) < 4.78 is 0. The van der Waals surface area contributed by atoms with Crippen LogP contribution in [-0.2, 0) is 11.2 Å². The third kappa shape index (κ3) is 3.60. The van der Waals surface area contributed by atoms with Crippen LogP contribution in [0, 0.1) is 12.8 Å². The first kappa shape index (κ1) is 15.0. The van der Waals surface area contributed by atoms with Gasteiger partial charge in [-0.15, -0.1) is 0 Å². The number of benzene rings is 1. The molecule has 3 nitrogen and oxygen atoms in total. The summed E-state index contributed by atoms with van der Waals surface area (Å²) in [4.78, 5) is 14.5. The Balaban J connectivity index is 1.93. The highest BCUT2D eigenvalue weighted by Gasteiger charge is 2.27. The number of aryl methyl sites for hydroxylation is 1. The minimum atomic E-state index is 0.265. The fourth-order valence-electron chi connectivity index (χ4n) is 3.02. The molecule has 0 aliphatic carbocycles. The number of piperidine rings is 1. The summed E-state index contributed by atoms with van der Waals surface area (Å²) in [6.07, 6.45) is 1.60. The van der Waals surface area contributed by atoms with Gasteiger partial charge < -0.3 is 10.2 Å². The van der Waals surface area contributed by atoms with Crippen LogP contribution < -0.4 is 5.32 Å². The normalized spacial score (nSPS) is 22.9. The number of hydrogen-bond acceptors (Lipinski definition) is 2. The van der Waals surface area contributed by atoms with Gasteiger partial charge in [-0.25, -0.2) is 0 Å². The summed E-state index contributed by atoms with van der Waals surface area (Å²) in [5, 5.41) is 3.51. The van der Waals surface area contributed by atoms with E-state index in [1.54, 1.807) is 0 Å². The maximum atomic E-state index is 12.4. The Bertz CT molecular complexity index is 458. The highest BCUT2D eigenvalue weighted by molar-refractivity contribution is 5.79. The van der Waals surface area contributed by atoms with Crippen molar-refractivity contribution in [3.05, 3.63) is 35.4 Å². The number of rotatable bonds is 4. The molecule has 1 aromatic carbocycles. The number of carbonyl (C=O) groups excluding carboxylic acids is 1. The molecule has 1 aliphatic rings. The molecule has 1 N–H and O–H groups in total. The zero-order valence-corrected chi connectivity index (χ0v) is 12.9. The lowest BCUT2D eigenvalue weighted by Gasteiger charge is -2.37. The van der Waals surface area contributed by atoms with E-state index in [0.29, 0.717) is 18.4 Å². The van der Waals surface area contributed by atoms with Gasteiger partial charge in [-0.3, -0.25) is 4.79 Å². The van der Waals surface area contributed by atoms with Crippen LogP contribution in [0.25, 0.3) is 0 Å². The van der Waals surface area contributed by atoms with E-state index in [0.717, 1.165) is 31.6 Å². The van der Waals surface area contributed by atoms with Crippen molar-refractivity contribution >= 4 is 5.91 Å². The topological polar surface area (TPSA) is 32.3 Å². The number of carbonyl (C=O) groups is 1. The van der Waals surface area contributed by atoms with E-state index < -0.39 is 0 Å². The van der Waals surface area contributed by atoms with Crippen molar-refractivity contribution in [2.45, 2.75) is 39.7 Å². The molecule has 0 aromatic heterocycles. The predicted molar refractivity (Wildman–Crippen MR) is 82.7 cm³/mol. The summed E-state index contributed by atoms with van der Waals surface area (Å²) in [6.45, 7) is 9.22. The fraction of sp³-hybridized carbons (Fsp3) is 0.588. The van der Waals surface area contributed by atoms with Crippen LogP contribution in [-0.4, -0.2) is 36.5 Å². The van der Waals surface area contributed by atoms with Crippen molar-refractivity contribution in [1.29, 1.82) is 0 Å². The second-order valence-electron chi connectivity index (χ2n) is 5.87. The monoisotopic (exact) mass is 274 g/mol. The fourth-order valence-corrected chi connectivity index (χ4v) is 3.02. The van der Waals surface area contributed by atoms with Crippen LogP contribution >= 0.6 is 0 Å². The van der Waals surface area contributed by atoms with E-state index in [2.05, 4.69) is 38.2 Å². The number of likely N-dealkylation sites (tertiary alicyclic amines) is 1. The minimum Gasteiger partial charge on any atom is -0.342 e. The molecule has 1 aromatic rings. The highest BCUT2D eigenvalue weighted by atomic mass is 16.2. The first-order chi connectivity index (χ1) is 9.61. The summed E-state index contributed by atoms with van der Waals surface area (Å²) >= 11 is 0. The van der Waals surface area contributed by atoms with Gasteiger partial charge in [0.05, 0.1) is 6.42 Å². The average molecular weight is 274 g/mol. The van der Waals surface area contributed by atoms with Gasteiger partial charge in [0.15, 0.2) is 0 Å². The van der Waals surface area contributed by atoms with Gasteiger partial charge in [0.1, 0.15) is 0 Å². The third-order valence-electron chi connectivity index (χ3n) is 4.33. The molecule has 0 saturated carbocycles. The minimum absolute atomic E-state index is 0.265. The Kier molecular flexibility index (Phi) is 5.18. The summed E-state index contributed by atoms with van der Waals surface area (Å²) in [5.41, 5.74) is 2.36. The standard InChI is InChI=1S/C17H26N2O/c1-4-18-16-9-10-19(12-14(16)3)17(20)11-15-8-6-5-7-13(15)2/h5-8,14,16,18H,4,9-12H2,1-3H3. The van der Waals surface area contributed by atoms with Crippen molar-refractivity contribution < 1.29 is 4.79 Å². The number of hydrogen-bond donors (Lipinski definition) is 1. The molecule has 3 heteroatoms. The van der Waals surface area contributed by atoms with Crippen molar-refractivity contribution in [1.82, 2.24) is 10.2 Å². The SMILES string of the molecule is CCNC1CCN(C(=O)Cc2ccccc2C)CC1C. The lowest BCUT2D eigenvalue weighted by molar-refractivity contribution is -0.132. The first-order valence-corrected chi connectivity index (χ1v) is 7.67. The van der Waals surface area contributed by atoms with Crippen LogP contribution in [0.1, 0.15) is 31.4 Å². The molecule has 0 spiro atoms. The highest BCUT2D eigenvalue weighted by Crippen LogP contribution is 2.18. The van der Waals surface area contributed by atoms with E-state index in [4.69, 9.17) is 0 Å². The molecule has 110 valence electrons. The summed E-state index contributed by atoms with van der Waals surface area (Å²) in [7, 11) is 0. The summed E-state index contributed by atoms with van der Waals surface area (Å²) in [6, 6.07) is 8.72. The number of nitrogens with zero attached hydrogens (tertiary/aromatic N) is 1. The van der Waals surface area contributed by atoms with Gasteiger partial charge in [0, 0.05) is 19.1 Å². The molecule has 20 heavy (non-hydrogen) atoms. The molecule has 1 fully saturated rings. The maximum absolute atomic E-state index is 12.4. The molecular formula is C17H26N2O. The Morgan fingerprint density at radius 3 is 2.80 bits per heavy atom. The maximum Gasteiger partial charge on any atom is 0.227 e. The van der Waals surface area contributed by atoms with E-state index >= 15 is 0 Å². The molecule has 2 unspecified atom stereocenters. The molecule has 1 aliphatic heterocycles. The molecule has 2 rings (SSSR count).